The van der Waals surface area contributed by atoms with Crippen LogP contribution in [-0.2, 0) is 11.4 Å². The third-order valence-corrected chi connectivity index (χ3v) is 6.31. The normalized spacial score (nSPS) is 14.8. The topological polar surface area (TPSA) is 81.1 Å². The van der Waals surface area contributed by atoms with Gasteiger partial charge in [-0.3, -0.25) is 4.79 Å². The van der Waals surface area contributed by atoms with Crippen molar-refractivity contribution in [2.75, 3.05) is 10.6 Å². The van der Waals surface area contributed by atoms with E-state index in [2.05, 4.69) is 20.7 Å². The van der Waals surface area contributed by atoms with Crippen LogP contribution in [0.4, 0.5) is 11.6 Å². The lowest BCUT2D eigenvalue weighted by Gasteiger charge is -2.28. The number of aromatic nitrogens is 3. The van der Waals surface area contributed by atoms with Crippen LogP contribution in [0.1, 0.15) is 24.1 Å². The molecule has 0 saturated carbocycles. The third-order valence-electron chi connectivity index (χ3n) is 5.69. The highest BCUT2D eigenvalue weighted by molar-refractivity contribution is 6.31. The van der Waals surface area contributed by atoms with Crippen molar-refractivity contribution < 1.29 is 9.53 Å². The number of carbonyl (C=O) groups excluding carboxylic acids is 1. The number of anilines is 2. The van der Waals surface area contributed by atoms with Gasteiger partial charge in [-0.2, -0.15) is 10.1 Å². The van der Waals surface area contributed by atoms with Crippen molar-refractivity contribution in [1.82, 2.24) is 14.8 Å². The van der Waals surface area contributed by atoms with Gasteiger partial charge >= 0.3 is 0 Å². The van der Waals surface area contributed by atoms with Crippen LogP contribution in [0.2, 0.25) is 10.0 Å². The molecular formula is C26H21Cl2N5O2. The van der Waals surface area contributed by atoms with Gasteiger partial charge in [0, 0.05) is 27.0 Å². The van der Waals surface area contributed by atoms with Crippen molar-refractivity contribution in [2.24, 2.45) is 0 Å². The number of benzene rings is 3. The van der Waals surface area contributed by atoms with Gasteiger partial charge < -0.3 is 15.4 Å². The number of amides is 1. The van der Waals surface area contributed by atoms with Gasteiger partial charge in [0.15, 0.2) is 0 Å². The summed E-state index contributed by atoms with van der Waals surface area (Å²) < 4.78 is 7.62. The molecule has 1 aromatic heterocycles. The predicted molar refractivity (Wildman–Crippen MR) is 137 cm³/mol. The van der Waals surface area contributed by atoms with E-state index in [1.54, 1.807) is 28.9 Å². The Bertz CT molecular complexity index is 1400. The summed E-state index contributed by atoms with van der Waals surface area (Å²) in [5.74, 6) is 1.01. The maximum atomic E-state index is 13.4. The molecule has 9 heteroatoms. The smallest absolute Gasteiger partial charge is 0.255 e. The molecule has 7 nitrogen and oxygen atoms in total. The number of halogens is 2. The lowest BCUT2D eigenvalue weighted by atomic mass is 9.95. The molecule has 5 rings (SSSR count). The minimum Gasteiger partial charge on any atom is -0.489 e. The molecule has 3 aromatic carbocycles. The molecule has 1 amide bonds. The molecule has 35 heavy (non-hydrogen) atoms. The number of hydrogen-bond acceptors (Lipinski definition) is 5. The van der Waals surface area contributed by atoms with Gasteiger partial charge in [-0.15, -0.1) is 0 Å². The molecule has 2 N–H and O–H groups in total. The van der Waals surface area contributed by atoms with Crippen molar-refractivity contribution in [3.05, 3.63) is 112 Å². The average molecular weight is 506 g/mol. The van der Waals surface area contributed by atoms with Gasteiger partial charge in [0.25, 0.3) is 5.91 Å². The van der Waals surface area contributed by atoms with Gasteiger partial charge in [0.1, 0.15) is 24.7 Å². The molecule has 2 heterocycles. The van der Waals surface area contributed by atoms with Gasteiger partial charge in [-0.1, -0.05) is 53.5 Å². The molecule has 4 aromatic rings. The predicted octanol–water partition coefficient (Wildman–Crippen LogP) is 6.09. The van der Waals surface area contributed by atoms with Crippen molar-refractivity contribution in [3.8, 4) is 5.75 Å². The highest BCUT2D eigenvalue weighted by Gasteiger charge is 2.33. The van der Waals surface area contributed by atoms with Crippen molar-refractivity contribution in [3.63, 3.8) is 0 Å². The Morgan fingerprint density at radius 2 is 1.80 bits per heavy atom. The van der Waals surface area contributed by atoms with Gasteiger partial charge in [0.2, 0.25) is 5.95 Å². The number of ether oxygens (including phenoxy) is 1. The highest BCUT2D eigenvalue weighted by Crippen LogP contribution is 2.36. The van der Waals surface area contributed by atoms with Gasteiger partial charge in [0.05, 0.1) is 5.57 Å². The van der Waals surface area contributed by atoms with Crippen LogP contribution in [0.15, 0.2) is 90.4 Å². The molecule has 0 saturated heterocycles. The van der Waals surface area contributed by atoms with Crippen LogP contribution >= 0.6 is 23.2 Å². The molecule has 1 aliphatic rings. The highest BCUT2D eigenvalue weighted by atomic mass is 35.5. The fourth-order valence-corrected chi connectivity index (χ4v) is 4.26. The number of nitrogens with zero attached hydrogens (tertiary/aromatic N) is 3. The SMILES string of the molecule is CC1=C(C(=O)Nc2ccc(Cl)cc2)C(c2ccc(OCc3ccccc3Cl)cc2)n2ncnc2N1. The first-order valence-electron chi connectivity index (χ1n) is 10.9. The summed E-state index contributed by atoms with van der Waals surface area (Å²) in [7, 11) is 0. The zero-order chi connectivity index (χ0) is 24.4. The molecule has 0 fully saturated rings. The lowest BCUT2D eigenvalue weighted by Crippen LogP contribution is -2.31. The summed E-state index contributed by atoms with van der Waals surface area (Å²) in [6.45, 7) is 2.20. The van der Waals surface area contributed by atoms with E-state index < -0.39 is 6.04 Å². The molecule has 1 atom stereocenters. The minimum atomic E-state index is -0.473. The number of fused-ring (bicyclic) bond motifs is 1. The van der Waals surface area contributed by atoms with Crippen LogP contribution in [0.25, 0.3) is 0 Å². The quantitative estimate of drug-likeness (QED) is 0.331. The number of hydrogen-bond donors (Lipinski definition) is 2. The second kappa shape index (κ2) is 9.82. The van der Waals surface area contributed by atoms with Crippen molar-refractivity contribution in [1.29, 1.82) is 0 Å². The molecular weight excluding hydrogens is 485 g/mol. The first-order chi connectivity index (χ1) is 17.0. The molecule has 1 unspecified atom stereocenters. The first-order valence-corrected chi connectivity index (χ1v) is 11.7. The second-order valence-electron chi connectivity index (χ2n) is 8.00. The van der Waals surface area contributed by atoms with Crippen LogP contribution < -0.4 is 15.4 Å². The van der Waals surface area contributed by atoms with Crippen molar-refractivity contribution >= 4 is 40.7 Å². The molecule has 0 bridgehead atoms. The van der Waals surface area contributed by atoms with E-state index in [1.165, 1.54) is 6.33 Å². The Kier molecular flexibility index (Phi) is 6.44. The standard InChI is InChI=1S/C26H21Cl2N5O2/c1-16-23(25(34)32-20-10-8-19(27)9-11-20)24(33-26(31-16)29-15-30-33)17-6-12-21(13-7-17)35-14-18-4-2-3-5-22(18)28/h2-13,15,24H,14H2,1H3,(H,32,34)(H,29,30,31). The Morgan fingerprint density at radius 3 is 2.54 bits per heavy atom. The lowest BCUT2D eigenvalue weighted by molar-refractivity contribution is -0.113. The zero-order valence-corrected chi connectivity index (χ0v) is 20.2. The summed E-state index contributed by atoms with van der Waals surface area (Å²) in [6.07, 6.45) is 1.46. The summed E-state index contributed by atoms with van der Waals surface area (Å²) >= 11 is 12.2. The molecule has 0 radical (unpaired) electrons. The third kappa shape index (κ3) is 4.87. The number of carbonyl (C=O) groups is 1. The molecule has 176 valence electrons. The largest absolute Gasteiger partial charge is 0.489 e. The Labute approximate surface area is 212 Å². The molecule has 0 aliphatic carbocycles. The van der Waals surface area contributed by atoms with Crippen LogP contribution in [0.5, 0.6) is 5.75 Å². The monoisotopic (exact) mass is 505 g/mol. The Balaban J connectivity index is 1.41. The van der Waals surface area contributed by atoms with Gasteiger partial charge in [-0.25, -0.2) is 4.68 Å². The first kappa shape index (κ1) is 23.0. The van der Waals surface area contributed by atoms with E-state index in [0.717, 1.165) is 11.1 Å². The van der Waals surface area contributed by atoms with E-state index in [4.69, 9.17) is 27.9 Å². The van der Waals surface area contributed by atoms with E-state index in [-0.39, 0.29) is 5.91 Å². The summed E-state index contributed by atoms with van der Waals surface area (Å²) in [5.41, 5.74) is 3.64. The van der Waals surface area contributed by atoms with E-state index in [1.807, 2.05) is 55.5 Å². The van der Waals surface area contributed by atoms with Crippen LogP contribution in [-0.4, -0.2) is 20.7 Å². The minimum absolute atomic E-state index is 0.248. The summed E-state index contributed by atoms with van der Waals surface area (Å²) in [6, 6.07) is 21.7. The number of nitrogens with one attached hydrogen (secondary N) is 2. The van der Waals surface area contributed by atoms with Crippen LogP contribution in [0, 0.1) is 0 Å². The fraction of sp³-hybridized carbons (Fsp3) is 0.115. The van der Waals surface area contributed by atoms with Crippen LogP contribution in [0.3, 0.4) is 0 Å². The zero-order valence-electron chi connectivity index (χ0n) is 18.7. The fourth-order valence-electron chi connectivity index (χ4n) is 3.95. The average Bonchev–Trinajstić information content (AvgIpc) is 3.32. The van der Waals surface area contributed by atoms with E-state index in [9.17, 15) is 4.79 Å². The summed E-state index contributed by atoms with van der Waals surface area (Å²) in [5, 5.41) is 11.8. The molecule has 0 spiro atoms. The van der Waals surface area contributed by atoms with Crippen molar-refractivity contribution in [2.45, 2.75) is 19.6 Å². The Hall–Kier alpha value is -3.81. The summed E-state index contributed by atoms with van der Waals surface area (Å²) in [4.78, 5) is 17.7. The maximum absolute atomic E-state index is 13.4. The van der Waals surface area contributed by atoms with Gasteiger partial charge in [-0.05, 0) is 55.0 Å². The number of rotatable bonds is 6. The van der Waals surface area contributed by atoms with E-state index >= 15 is 0 Å². The maximum Gasteiger partial charge on any atom is 0.255 e. The molecule has 1 aliphatic heterocycles. The second-order valence-corrected chi connectivity index (χ2v) is 8.85. The number of allylic oxidation sites excluding steroid dienone is 1. The van der Waals surface area contributed by atoms with E-state index in [0.29, 0.717) is 45.3 Å². The Morgan fingerprint density at radius 1 is 1.06 bits per heavy atom.